The first-order chi connectivity index (χ1) is 7.70. The van der Waals surface area contributed by atoms with Gasteiger partial charge in [0.2, 0.25) is 0 Å². The SMILES string of the molecule is CNCc1ccc(N(C)CC2CC2)cc1Cl. The van der Waals surface area contributed by atoms with Crippen LogP contribution in [0.4, 0.5) is 5.69 Å². The Balaban J connectivity index is 2.06. The summed E-state index contributed by atoms with van der Waals surface area (Å²) in [6.07, 6.45) is 2.77. The van der Waals surface area contributed by atoms with Crippen LogP contribution in [0.1, 0.15) is 18.4 Å². The van der Waals surface area contributed by atoms with Crippen LogP contribution in [-0.2, 0) is 6.54 Å². The number of hydrogen-bond acceptors (Lipinski definition) is 2. The van der Waals surface area contributed by atoms with Crippen molar-refractivity contribution in [1.29, 1.82) is 0 Å². The molecule has 0 aromatic heterocycles. The van der Waals surface area contributed by atoms with Crippen molar-refractivity contribution in [3.05, 3.63) is 28.8 Å². The monoisotopic (exact) mass is 238 g/mol. The van der Waals surface area contributed by atoms with Gasteiger partial charge in [-0.25, -0.2) is 0 Å². The van der Waals surface area contributed by atoms with Gasteiger partial charge in [0, 0.05) is 30.8 Å². The molecule has 2 rings (SSSR count). The molecule has 3 heteroatoms. The lowest BCUT2D eigenvalue weighted by Crippen LogP contribution is -2.20. The van der Waals surface area contributed by atoms with E-state index in [9.17, 15) is 0 Å². The Morgan fingerprint density at radius 3 is 2.75 bits per heavy atom. The summed E-state index contributed by atoms with van der Waals surface area (Å²) >= 11 is 6.24. The first-order valence-electron chi connectivity index (χ1n) is 5.85. The molecule has 0 bridgehead atoms. The second kappa shape index (κ2) is 5.07. The number of halogens is 1. The van der Waals surface area contributed by atoms with Crippen molar-refractivity contribution in [2.45, 2.75) is 19.4 Å². The summed E-state index contributed by atoms with van der Waals surface area (Å²) in [6.45, 7) is 1.98. The number of nitrogens with zero attached hydrogens (tertiary/aromatic N) is 1. The lowest BCUT2D eigenvalue weighted by molar-refractivity contribution is 0.785. The van der Waals surface area contributed by atoms with Crippen molar-refractivity contribution >= 4 is 17.3 Å². The first kappa shape index (κ1) is 11.7. The Hall–Kier alpha value is -0.730. The topological polar surface area (TPSA) is 15.3 Å². The van der Waals surface area contributed by atoms with E-state index >= 15 is 0 Å². The summed E-state index contributed by atoms with van der Waals surface area (Å²) < 4.78 is 0. The van der Waals surface area contributed by atoms with Crippen LogP contribution in [0.25, 0.3) is 0 Å². The molecule has 0 radical (unpaired) electrons. The number of anilines is 1. The summed E-state index contributed by atoms with van der Waals surface area (Å²) in [5.41, 5.74) is 2.38. The zero-order chi connectivity index (χ0) is 11.5. The molecule has 0 saturated heterocycles. The van der Waals surface area contributed by atoms with E-state index in [1.54, 1.807) is 0 Å². The second-order valence-electron chi connectivity index (χ2n) is 4.63. The van der Waals surface area contributed by atoms with Gasteiger partial charge < -0.3 is 10.2 Å². The van der Waals surface area contributed by atoms with E-state index in [4.69, 9.17) is 11.6 Å². The maximum atomic E-state index is 6.24. The Kier molecular flexibility index (Phi) is 3.72. The molecule has 0 heterocycles. The number of hydrogen-bond donors (Lipinski definition) is 1. The largest absolute Gasteiger partial charge is 0.374 e. The third-order valence-electron chi connectivity index (χ3n) is 3.07. The van der Waals surface area contributed by atoms with Gasteiger partial charge in [-0.05, 0) is 43.5 Å². The molecule has 2 nitrogen and oxygen atoms in total. The fraction of sp³-hybridized carbons (Fsp3) is 0.538. The van der Waals surface area contributed by atoms with Crippen LogP contribution >= 0.6 is 11.6 Å². The molecule has 1 saturated carbocycles. The van der Waals surface area contributed by atoms with Crippen LogP contribution in [0.2, 0.25) is 5.02 Å². The van der Waals surface area contributed by atoms with Gasteiger partial charge in [0.05, 0.1) is 0 Å². The number of rotatable bonds is 5. The minimum absolute atomic E-state index is 0.825. The van der Waals surface area contributed by atoms with E-state index in [0.717, 1.165) is 29.6 Å². The molecular formula is C13H19ClN2. The smallest absolute Gasteiger partial charge is 0.0471 e. The molecule has 0 atom stereocenters. The normalized spacial score (nSPS) is 15.2. The summed E-state index contributed by atoms with van der Waals surface area (Å²) in [5.74, 6) is 0.903. The van der Waals surface area contributed by atoms with E-state index in [2.05, 4.69) is 35.5 Å². The number of benzene rings is 1. The van der Waals surface area contributed by atoms with Crippen molar-refractivity contribution in [3.8, 4) is 0 Å². The number of nitrogens with one attached hydrogen (secondary N) is 1. The zero-order valence-electron chi connectivity index (χ0n) is 9.96. The first-order valence-corrected chi connectivity index (χ1v) is 6.22. The zero-order valence-corrected chi connectivity index (χ0v) is 10.7. The third-order valence-corrected chi connectivity index (χ3v) is 3.43. The third kappa shape index (κ3) is 2.89. The molecule has 1 aromatic rings. The van der Waals surface area contributed by atoms with Crippen LogP contribution in [0.5, 0.6) is 0 Å². The minimum atomic E-state index is 0.825. The van der Waals surface area contributed by atoms with Crippen molar-refractivity contribution in [2.75, 3.05) is 25.5 Å². The van der Waals surface area contributed by atoms with E-state index in [-0.39, 0.29) is 0 Å². The maximum absolute atomic E-state index is 6.24. The lowest BCUT2D eigenvalue weighted by Gasteiger charge is -2.20. The Bertz CT molecular complexity index is 361. The molecule has 0 unspecified atom stereocenters. The minimum Gasteiger partial charge on any atom is -0.374 e. The van der Waals surface area contributed by atoms with E-state index in [1.165, 1.54) is 18.5 Å². The van der Waals surface area contributed by atoms with Crippen LogP contribution in [0.3, 0.4) is 0 Å². The summed E-state index contributed by atoms with van der Waals surface area (Å²) in [6, 6.07) is 6.33. The molecule has 88 valence electrons. The second-order valence-corrected chi connectivity index (χ2v) is 5.04. The van der Waals surface area contributed by atoms with Crippen LogP contribution < -0.4 is 10.2 Å². The van der Waals surface area contributed by atoms with Gasteiger partial charge in [0.15, 0.2) is 0 Å². The van der Waals surface area contributed by atoms with Crippen LogP contribution in [0, 0.1) is 5.92 Å². The van der Waals surface area contributed by atoms with Crippen molar-refractivity contribution < 1.29 is 0 Å². The molecule has 1 fully saturated rings. The summed E-state index contributed by atoms with van der Waals surface area (Å²) in [4.78, 5) is 2.30. The Labute approximate surface area is 103 Å². The molecule has 16 heavy (non-hydrogen) atoms. The van der Waals surface area contributed by atoms with Gasteiger partial charge in [-0.3, -0.25) is 0 Å². The fourth-order valence-electron chi connectivity index (χ4n) is 1.90. The van der Waals surface area contributed by atoms with Gasteiger partial charge in [-0.1, -0.05) is 17.7 Å². The lowest BCUT2D eigenvalue weighted by atomic mass is 10.2. The predicted octanol–water partition coefficient (Wildman–Crippen LogP) is 2.91. The van der Waals surface area contributed by atoms with Crippen LogP contribution in [0.15, 0.2) is 18.2 Å². The molecular weight excluding hydrogens is 220 g/mol. The van der Waals surface area contributed by atoms with E-state index in [0.29, 0.717) is 0 Å². The van der Waals surface area contributed by atoms with Crippen molar-refractivity contribution in [2.24, 2.45) is 5.92 Å². The Morgan fingerprint density at radius 2 is 2.19 bits per heavy atom. The highest BCUT2D eigenvalue weighted by Gasteiger charge is 2.23. The van der Waals surface area contributed by atoms with Crippen molar-refractivity contribution in [1.82, 2.24) is 5.32 Å². The van der Waals surface area contributed by atoms with Gasteiger partial charge in [0.1, 0.15) is 0 Å². The molecule has 0 aliphatic heterocycles. The quantitative estimate of drug-likeness (QED) is 0.849. The van der Waals surface area contributed by atoms with E-state index in [1.807, 2.05) is 7.05 Å². The average Bonchev–Trinajstić information content (AvgIpc) is 3.05. The molecule has 0 amide bonds. The van der Waals surface area contributed by atoms with Gasteiger partial charge >= 0.3 is 0 Å². The van der Waals surface area contributed by atoms with Gasteiger partial charge in [0.25, 0.3) is 0 Å². The highest BCUT2D eigenvalue weighted by molar-refractivity contribution is 6.31. The fourth-order valence-corrected chi connectivity index (χ4v) is 2.14. The standard InChI is InChI=1S/C13H19ClN2/c1-15-8-11-5-6-12(7-13(11)14)16(2)9-10-3-4-10/h5-7,10,15H,3-4,8-9H2,1-2H3. The maximum Gasteiger partial charge on any atom is 0.0471 e. The Morgan fingerprint density at radius 1 is 1.44 bits per heavy atom. The van der Waals surface area contributed by atoms with Crippen molar-refractivity contribution in [3.63, 3.8) is 0 Å². The van der Waals surface area contributed by atoms with Crippen LogP contribution in [-0.4, -0.2) is 20.6 Å². The molecule has 1 aromatic carbocycles. The average molecular weight is 239 g/mol. The highest BCUT2D eigenvalue weighted by Crippen LogP contribution is 2.31. The molecule has 0 spiro atoms. The molecule has 1 N–H and O–H groups in total. The summed E-state index contributed by atoms with van der Waals surface area (Å²) in [5, 5.41) is 3.97. The molecule has 1 aliphatic carbocycles. The van der Waals surface area contributed by atoms with E-state index < -0.39 is 0 Å². The highest BCUT2D eigenvalue weighted by atomic mass is 35.5. The van der Waals surface area contributed by atoms with Gasteiger partial charge in [-0.15, -0.1) is 0 Å². The predicted molar refractivity (Wildman–Crippen MR) is 70.2 cm³/mol. The molecule has 1 aliphatic rings. The van der Waals surface area contributed by atoms with Gasteiger partial charge in [-0.2, -0.15) is 0 Å². The summed E-state index contributed by atoms with van der Waals surface area (Å²) in [7, 11) is 4.07.